The molecular formula is C23H23ClFN3O4. The third-order valence-corrected chi connectivity index (χ3v) is 4.99. The number of amides is 2. The third-order valence-electron chi connectivity index (χ3n) is 4.76. The van der Waals surface area contributed by atoms with Crippen molar-refractivity contribution in [3.8, 4) is 0 Å². The van der Waals surface area contributed by atoms with E-state index >= 15 is 0 Å². The first kappa shape index (κ1) is 23.3. The van der Waals surface area contributed by atoms with Crippen LogP contribution in [0.15, 0.2) is 42.5 Å². The van der Waals surface area contributed by atoms with Gasteiger partial charge in [-0.2, -0.15) is 0 Å². The van der Waals surface area contributed by atoms with E-state index in [2.05, 4.69) is 10.3 Å². The van der Waals surface area contributed by atoms with Crippen LogP contribution in [0.5, 0.6) is 0 Å². The molecule has 0 saturated heterocycles. The van der Waals surface area contributed by atoms with Crippen molar-refractivity contribution in [1.29, 1.82) is 0 Å². The highest BCUT2D eigenvalue weighted by atomic mass is 35.5. The minimum absolute atomic E-state index is 0.108. The summed E-state index contributed by atoms with van der Waals surface area (Å²) in [5.74, 6) is -2.35. The third kappa shape index (κ3) is 5.08. The zero-order valence-corrected chi connectivity index (χ0v) is 18.5. The van der Waals surface area contributed by atoms with E-state index in [1.165, 1.54) is 18.2 Å². The van der Waals surface area contributed by atoms with Crippen LogP contribution in [0.4, 0.5) is 4.39 Å². The molecule has 0 radical (unpaired) electrons. The monoisotopic (exact) mass is 459 g/mol. The summed E-state index contributed by atoms with van der Waals surface area (Å²) < 4.78 is 13.7. The zero-order chi connectivity index (χ0) is 23.6. The molecule has 2 aromatic carbocycles. The number of carboxylic acid groups (broad SMARTS) is 1. The molecule has 1 aromatic heterocycles. The van der Waals surface area contributed by atoms with Gasteiger partial charge in [-0.05, 0) is 50.6 Å². The lowest BCUT2D eigenvalue weighted by Gasteiger charge is -2.31. The number of hydrogen-bond acceptors (Lipinski definition) is 3. The minimum atomic E-state index is -1.30. The highest BCUT2D eigenvalue weighted by Crippen LogP contribution is 2.34. The predicted molar refractivity (Wildman–Crippen MR) is 119 cm³/mol. The number of nitrogens with zero attached hydrogens (tertiary/aromatic N) is 1. The lowest BCUT2D eigenvalue weighted by atomic mass is 9.98. The van der Waals surface area contributed by atoms with Crippen LogP contribution in [0.2, 0.25) is 5.02 Å². The van der Waals surface area contributed by atoms with Gasteiger partial charge in [0.25, 0.3) is 0 Å². The first-order valence-corrected chi connectivity index (χ1v) is 10.2. The molecule has 3 rings (SSSR count). The van der Waals surface area contributed by atoms with Crippen LogP contribution in [0.25, 0.3) is 10.9 Å². The largest absolute Gasteiger partial charge is 0.477 e. The number of carbonyl (C=O) groups excluding carboxylic acids is 2. The Balaban J connectivity index is 2.20. The Morgan fingerprint density at radius 1 is 1.25 bits per heavy atom. The summed E-state index contributed by atoms with van der Waals surface area (Å²) in [6.07, 6.45) is 0.457. The Bertz CT molecular complexity index is 1190. The second-order valence-corrected chi connectivity index (χ2v) is 8.89. The summed E-state index contributed by atoms with van der Waals surface area (Å²) in [7, 11) is 0. The van der Waals surface area contributed by atoms with E-state index in [4.69, 9.17) is 11.6 Å². The molecule has 0 fully saturated rings. The number of fused-ring (bicyclic) bond motifs is 1. The number of carboxylic acids is 1. The standard InChI is InChI=1S/C23H23ClFN3O4/c1-23(2,3)27-21(30)20(28(12-29)11-13-5-4-6-15(25)9-13)18-16-8-7-14(24)10-17(16)26-19(18)22(31)32/h4-10,12,20,26H,11H2,1-3H3,(H,27,30)(H,31,32). The van der Waals surface area contributed by atoms with Gasteiger partial charge in [-0.15, -0.1) is 0 Å². The van der Waals surface area contributed by atoms with Gasteiger partial charge >= 0.3 is 5.97 Å². The van der Waals surface area contributed by atoms with Gasteiger partial charge in [0.15, 0.2) is 0 Å². The van der Waals surface area contributed by atoms with E-state index < -0.39 is 29.3 Å². The molecule has 1 unspecified atom stereocenters. The number of benzene rings is 2. The summed E-state index contributed by atoms with van der Waals surface area (Å²) in [4.78, 5) is 41.5. The molecule has 0 spiro atoms. The van der Waals surface area contributed by atoms with Crippen molar-refractivity contribution in [2.45, 2.75) is 38.9 Å². The van der Waals surface area contributed by atoms with Crippen molar-refractivity contribution < 1.29 is 23.9 Å². The average Bonchev–Trinajstić information content (AvgIpc) is 3.04. The second kappa shape index (κ2) is 9.00. The zero-order valence-electron chi connectivity index (χ0n) is 17.8. The number of carbonyl (C=O) groups is 3. The summed E-state index contributed by atoms with van der Waals surface area (Å²) in [5, 5.41) is 13.5. The van der Waals surface area contributed by atoms with Crippen molar-refractivity contribution in [1.82, 2.24) is 15.2 Å². The molecule has 9 heteroatoms. The normalized spacial score (nSPS) is 12.4. The van der Waals surface area contributed by atoms with E-state index in [-0.39, 0.29) is 17.8 Å². The Kier molecular flexibility index (Phi) is 6.55. The van der Waals surface area contributed by atoms with Crippen molar-refractivity contribution >= 4 is 40.8 Å². The number of aromatic amines is 1. The van der Waals surface area contributed by atoms with Gasteiger partial charge < -0.3 is 20.3 Å². The lowest BCUT2D eigenvalue weighted by molar-refractivity contribution is -0.134. The van der Waals surface area contributed by atoms with Gasteiger partial charge in [0.1, 0.15) is 17.6 Å². The van der Waals surface area contributed by atoms with Crippen molar-refractivity contribution in [3.05, 3.63) is 70.1 Å². The number of hydrogen-bond donors (Lipinski definition) is 3. The molecule has 2 amide bonds. The fourth-order valence-corrected chi connectivity index (χ4v) is 3.74. The van der Waals surface area contributed by atoms with Crippen LogP contribution < -0.4 is 5.32 Å². The lowest BCUT2D eigenvalue weighted by Crippen LogP contribution is -2.47. The molecule has 32 heavy (non-hydrogen) atoms. The summed E-state index contributed by atoms with van der Waals surface area (Å²) in [5.41, 5.74) is 0.0963. The number of nitrogens with one attached hydrogen (secondary N) is 2. The first-order chi connectivity index (χ1) is 15.0. The van der Waals surface area contributed by atoms with E-state index in [0.29, 0.717) is 27.9 Å². The highest BCUT2D eigenvalue weighted by molar-refractivity contribution is 6.31. The van der Waals surface area contributed by atoms with Gasteiger partial charge in [-0.25, -0.2) is 9.18 Å². The first-order valence-electron chi connectivity index (χ1n) is 9.82. The molecule has 0 aliphatic rings. The maximum Gasteiger partial charge on any atom is 0.352 e. The van der Waals surface area contributed by atoms with E-state index in [1.54, 1.807) is 45.0 Å². The number of halogens is 2. The number of aromatic nitrogens is 1. The average molecular weight is 460 g/mol. The van der Waals surface area contributed by atoms with Crippen molar-refractivity contribution in [2.24, 2.45) is 0 Å². The molecule has 3 aromatic rings. The molecule has 168 valence electrons. The van der Waals surface area contributed by atoms with Crippen molar-refractivity contribution in [3.63, 3.8) is 0 Å². The Labute approximate surface area is 189 Å². The molecule has 0 aliphatic carbocycles. The minimum Gasteiger partial charge on any atom is -0.477 e. The fraction of sp³-hybridized carbons (Fsp3) is 0.261. The van der Waals surface area contributed by atoms with E-state index in [1.807, 2.05) is 0 Å². The number of H-pyrrole nitrogens is 1. The molecule has 0 bridgehead atoms. The Morgan fingerprint density at radius 2 is 1.97 bits per heavy atom. The van der Waals surface area contributed by atoms with Crippen LogP contribution in [-0.2, 0) is 16.1 Å². The van der Waals surface area contributed by atoms with Crippen LogP contribution >= 0.6 is 11.6 Å². The van der Waals surface area contributed by atoms with Crippen LogP contribution in [0.3, 0.4) is 0 Å². The molecule has 3 N–H and O–H groups in total. The maximum atomic E-state index is 13.7. The second-order valence-electron chi connectivity index (χ2n) is 8.46. The topological polar surface area (TPSA) is 102 Å². The highest BCUT2D eigenvalue weighted by Gasteiger charge is 2.35. The van der Waals surface area contributed by atoms with E-state index in [0.717, 1.165) is 4.90 Å². The summed E-state index contributed by atoms with van der Waals surface area (Å²) in [6, 6.07) is 9.05. The van der Waals surface area contributed by atoms with Crippen LogP contribution in [0.1, 0.15) is 48.4 Å². The molecule has 7 nitrogen and oxygen atoms in total. The molecule has 1 heterocycles. The van der Waals surface area contributed by atoms with Crippen molar-refractivity contribution in [2.75, 3.05) is 0 Å². The molecule has 0 aliphatic heterocycles. The van der Waals surface area contributed by atoms with Gasteiger partial charge in [-0.1, -0.05) is 29.8 Å². The summed E-state index contributed by atoms with van der Waals surface area (Å²) in [6.45, 7) is 5.20. The SMILES string of the molecule is CC(C)(C)NC(=O)C(c1c(C(=O)O)[nH]c2cc(Cl)ccc12)N(C=O)Cc1cccc(F)c1. The fourth-order valence-electron chi connectivity index (χ4n) is 3.57. The number of aromatic carboxylic acids is 1. The Morgan fingerprint density at radius 3 is 2.56 bits per heavy atom. The molecule has 0 saturated carbocycles. The van der Waals surface area contributed by atoms with E-state index in [9.17, 15) is 23.9 Å². The maximum absolute atomic E-state index is 13.7. The van der Waals surface area contributed by atoms with Crippen LogP contribution in [0, 0.1) is 5.82 Å². The molecule has 1 atom stereocenters. The van der Waals surface area contributed by atoms with Gasteiger partial charge in [0.05, 0.1) is 0 Å². The summed E-state index contributed by atoms with van der Waals surface area (Å²) >= 11 is 6.05. The predicted octanol–water partition coefficient (Wildman–Crippen LogP) is 4.27. The smallest absolute Gasteiger partial charge is 0.352 e. The number of rotatable bonds is 7. The van der Waals surface area contributed by atoms with Gasteiger partial charge in [-0.3, -0.25) is 9.59 Å². The Hall–Kier alpha value is -3.39. The van der Waals surface area contributed by atoms with Gasteiger partial charge in [0.2, 0.25) is 12.3 Å². The van der Waals surface area contributed by atoms with Crippen LogP contribution in [-0.4, -0.2) is 38.8 Å². The molecular weight excluding hydrogens is 437 g/mol. The quantitative estimate of drug-likeness (QED) is 0.459. The van der Waals surface area contributed by atoms with Gasteiger partial charge in [0, 0.05) is 33.6 Å².